The number of hydrogen-bond acceptors (Lipinski definition) is 1. The van der Waals surface area contributed by atoms with Crippen LogP contribution in [0.3, 0.4) is 0 Å². The molecule has 9 aromatic rings. The minimum Gasteiger partial charge on any atom is -0.310 e. The van der Waals surface area contributed by atoms with Gasteiger partial charge in [-0.05, 0) is 109 Å². The molecule has 0 amide bonds. The van der Waals surface area contributed by atoms with E-state index in [0.29, 0.717) is 0 Å². The first-order valence-electron chi connectivity index (χ1n) is 19.4. The van der Waals surface area contributed by atoms with Crippen LogP contribution in [0.4, 0.5) is 17.1 Å². The molecule has 0 fully saturated rings. The summed E-state index contributed by atoms with van der Waals surface area (Å²) in [5.74, 6) is 0. The van der Waals surface area contributed by atoms with E-state index in [0.717, 1.165) is 17.1 Å². The van der Waals surface area contributed by atoms with E-state index in [-0.39, 0.29) is 0 Å². The lowest BCUT2D eigenvalue weighted by Gasteiger charge is -2.32. The van der Waals surface area contributed by atoms with Crippen molar-refractivity contribution >= 4 is 17.1 Å². The first-order chi connectivity index (χ1) is 27.8. The van der Waals surface area contributed by atoms with E-state index in [1.807, 2.05) is 0 Å². The highest BCUT2D eigenvalue weighted by atomic mass is 15.1. The Hall–Kier alpha value is -7.22. The lowest BCUT2D eigenvalue weighted by atomic mass is 9.70. The molecule has 0 saturated carbocycles. The number of hydrogen-bond donors (Lipinski definition) is 0. The van der Waals surface area contributed by atoms with Gasteiger partial charge in [0, 0.05) is 16.9 Å². The molecule has 2 aliphatic carbocycles. The molecule has 9 aromatic carbocycles. The molecular weight excluding hydrogens is 675 g/mol. The number of rotatable bonds is 6. The van der Waals surface area contributed by atoms with Crippen LogP contribution in [-0.4, -0.2) is 0 Å². The molecule has 2 aliphatic rings. The largest absolute Gasteiger partial charge is 0.310 e. The number of nitrogens with zero attached hydrogens (tertiary/aromatic N) is 1. The Morgan fingerprint density at radius 2 is 0.696 bits per heavy atom. The van der Waals surface area contributed by atoms with Gasteiger partial charge in [-0.25, -0.2) is 0 Å². The number of benzene rings is 9. The lowest BCUT2D eigenvalue weighted by Crippen LogP contribution is -2.26. The SMILES string of the molecule is c1ccc(-c2ccc(N(c3ccc4c(c3)-c3ccccc3C43c4ccccc4-c4ccc(-c5ccccc5)cc43)c3ccccc3-c3ccccc3)cc2)cc1. The standard InChI is InChI=1S/C55H37N/c1-4-16-38(17-5-1)40-28-31-43(32-29-40)56(54-27-15-12-22-45(54)41-20-8-3-9-21-41)44-33-35-52-49(37-44)47-24-11-14-26-51(47)55(52)50-25-13-10-23-46(50)48-34-30-42(36-53(48)55)39-18-6-2-7-19-39/h1-37H. The van der Waals surface area contributed by atoms with E-state index >= 15 is 0 Å². The molecule has 0 saturated heterocycles. The van der Waals surface area contributed by atoms with Crippen LogP contribution in [0.2, 0.25) is 0 Å². The van der Waals surface area contributed by atoms with Crippen molar-refractivity contribution in [3.05, 3.63) is 247 Å². The normalized spacial score (nSPS) is 14.5. The maximum absolute atomic E-state index is 2.46. The zero-order valence-corrected chi connectivity index (χ0v) is 30.8. The molecule has 0 heterocycles. The van der Waals surface area contributed by atoms with Gasteiger partial charge in [0.15, 0.2) is 0 Å². The third-order valence-electron chi connectivity index (χ3n) is 11.9. The fourth-order valence-corrected chi connectivity index (χ4v) is 9.47. The predicted molar refractivity (Wildman–Crippen MR) is 234 cm³/mol. The molecule has 262 valence electrons. The first-order valence-corrected chi connectivity index (χ1v) is 19.4. The Labute approximate surface area is 328 Å². The third kappa shape index (κ3) is 4.88. The Balaban J connectivity index is 1.14. The van der Waals surface area contributed by atoms with Crippen LogP contribution in [0.25, 0.3) is 55.6 Å². The topological polar surface area (TPSA) is 3.24 Å². The first kappa shape index (κ1) is 32.2. The summed E-state index contributed by atoms with van der Waals surface area (Å²) in [5, 5.41) is 0. The average Bonchev–Trinajstić information content (AvgIpc) is 3.74. The van der Waals surface area contributed by atoms with Gasteiger partial charge in [-0.15, -0.1) is 0 Å². The molecule has 56 heavy (non-hydrogen) atoms. The molecule has 0 aliphatic heterocycles. The van der Waals surface area contributed by atoms with Gasteiger partial charge >= 0.3 is 0 Å². The van der Waals surface area contributed by atoms with Gasteiger partial charge in [0.2, 0.25) is 0 Å². The molecule has 1 nitrogen and oxygen atoms in total. The summed E-state index contributed by atoms with van der Waals surface area (Å²) in [6, 6.07) is 82.4. The molecular formula is C55H37N. The zero-order valence-electron chi connectivity index (χ0n) is 30.8. The van der Waals surface area contributed by atoms with Crippen molar-refractivity contribution < 1.29 is 0 Å². The highest BCUT2D eigenvalue weighted by Gasteiger charge is 2.51. The fraction of sp³-hybridized carbons (Fsp3) is 0.0182. The summed E-state index contributed by atoms with van der Waals surface area (Å²) in [4.78, 5) is 2.44. The van der Waals surface area contributed by atoms with Crippen molar-refractivity contribution in [3.63, 3.8) is 0 Å². The minimum absolute atomic E-state index is 0.439. The van der Waals surface area contributed by atoms with E-state index in [1.54, 1.807) is 0 Å². The zero-order chi connectivity index (χ0) is 37.1. The predicted octanol–water partition coefficient (Wildman–Crippen LogP) is 14.5. The van der Waals surface area contributed by atoms with Gasteiger partial charge < -0.3 is 4.90 Å². The lowest BCUT2D eigenvalue weighted by molar-refractivity contribution is 0.794. The summed E-state index contributed by atoms with van der Waals surface area (Å²) in [6.45, 7) is 0. The molecule has 0 bridgehead atoms. The maximum Gasteiger partial charge on any atom is 0.0725 e. The second kappa shape index (κ2) is 13.0. The number of para-hydroxylation sites is 1. The summed E-state index contributed by atoms with van der Waals surface area (Å²) < 4.78 is 0. The Morgan fingerprint density at radius 1 is 0.250 bits per heavy atom. The summed E-state index contributed by atoms with van der Waals surface area (Å²) in [5.41, 5.74) is 20.7. The van der Waals surface area contributed by atoms with E-state index in [9.17, 15) is 0 Å². The van der Waals surface area contributed by atoms with E-state index in [4.69, 9.17) is 0 Å². The van der Waals surface area contributed by atoms with Gasteiger partial charge in [-0.3, -0.25) is 0 Å². The van der Waals surface area contributed by atoms with Gasteiger partial charge in [-0.1, -0.05) is 188 Å². The summed E-state index contributed by atoms with van der Waals surface area (Å²) in [6.07, 6.45) is 0. The van der Waals surface area contributed by atoms with Crippen molar-refractivity contribution in [1.29, 1.82) is 0 Å². The smallest absolute Gasteiger partial charge is 0.0725 e. The summed E-state index contributed by atoms with van der Waals surface area (Å²) >= 11 is 0. The number of fused-ring (bicyclic) bond motifs is 10. The van der Waals surface area contributed by atoms with Crippen molar-refractivity contribution in [1.82, 2.24) is 0 Å². The second-order valence-corrected chi connectivity index (χ2v) is 14.8. The van der Waals surface area contributed by atoms with Crippen molar-refractivity contribution in [2.75, 3.05) is 4.90 Å². The molecule has 0 aromatic heterocycles. The van der Waals surface area contributed by atoms with Crippen molar-refractivity contribution in [3.8, 4) is 55.6 Å². The van der Waals surface area contributed by atoms with Crippen LogP contribution in [0.1, 0.15) is 22.3 Å². The van der Waals surface area contributed by atoms with Crippen LogP contribution in [-0.2, 0) is 5.41 Å². The molecule has 1 atom stereocenters. The molecule has 1 heteroatoms. The molecule has 1 unspecified atom stereocenters. The van der Waals surface area contributed by atoms with Crippen LogP contribution in [0, 0.1) is 0 Å². The summed E-state index contributed by atoms with van der Waals surface area (Å²) in [7, 11) is 0. The number of anilines is 3. The average molecular weight is 712 g/mol. The van der Waals surface area contributed by atoms with E-state index < -0.39 is 5.41 Å². The van der Waals surface area contributed by atoms with Gasteiger partial charge in [-0.2, -0.15) is 0 Å². The third-order valence-corrected chi connectivity index (χ3v) is 11.9. The van der Waals surface area contributed by atoms with Crippen LogP contribution in [0.15, 0.2) is 224 Å². The Bertz CT molecular complexity index is 2890. The monoisotopic (exact) mass is 711 g/mol. The highest BCUT2D eigenvalue weighted by molar-refractivity contribution is 5.98. The van der Waals surface area contributed by atoms with Gasteiger partial charge in [0.1, 0.15) is 0 Å². The Kier molecular flexibility index (Phi) is 7.47. The quantitative estimate of drug-likeness (QED) is 0.166. The molecule has 0 radical (unpaired) electrons. The fourth-order valence-electron chi connectivity index (χ4n) is 9.47. The minimum atomic E-state index is -0.439. The van der Waals surface area contributed by atoms with E-state index in [2.05, 4.69) is 229 Å². The molecule has 11 rings (SSSR count). The van der Waals surface area contributed by atoms with Gasteiger partial charge in [0.25, 0.3) is 0 Å². The maximum atomic E-state index is 2.46. The van der Waals surface area contributed by atoms with Gasteiger partial charge in [0.05, 0.1) is 11.1 Å². The Morgan fingerprint density at radius 3 is 1.36 bits per heavy atom. The second-order valence-electron chi connectivity index (χ2n) is 14.8. The van der Waals surface area contributed by atoms with Crippen LogP contribution >= 0.6 is 0 Å². The van der Waals surface area contributed by atoms with E-state index in [1.165, 1.54) is 77.9 Å². The van der Waals surface area contributed by atoms with Crippen molar-refractivity contribution in [2.45, 2.75) is 5.41 Å². The molecule has 0 N–H and O–H groups in total. The van der Waals surface area contributed by atoms with Crippen LogP contribution < -0.4 is 4.90 Å². The molecule has 1 spiro atoms. The van der Waals surface area contributed by atoms with Crippen molar-refractivity contribution in [2.24, 2.45) is 0 Å². The van der Waals surface area contributed by atoms with Crippen LogP contribution in [0.5, 0.6) is 0 Å². The highest BCUT2D eigenvalue weighted by Crippen LogP contribution is 2.63.